The first-order valence-corrected chi connectivity index (χ1v) is 13.3. The highest BCUT2D eigenvalue weighted by atomic mass is 19.1. The Balaban J connectivity index is 0.000000476. The van der Waals surface area contributed by atoms with Crippen LogP contribution < -0.4 is 10.9 Å². The summed E-state index contributed by atoms with van der Waals surface area (Å²) in [5, 5.41) is 12.0. The maximum Gasteiger partial charge on any atom is 0.313 e. The second-order valence-electron chi connectivity index (χ2n) is 10.6. The number of aromatic nitrogens is 2. The van der Waals surface area contributed by atoms with E-state index in [-0.39, 0.29) is 30.0 Å². The summed E-state index contributed by atoms with van der Waals surface area (Å²) >= 11 is 0. The monoisotopic (exact) mass is 519 g/mol. The molecule has 2 aliphatic carbocycles. The highest BCUT2D eigenvalue weighted by Crippen LogP contribution is 2.45. The zero-order valence-corrected chi connectivity index (χ0v) is 21.5. The number of carbonyl (C=O) groups is 2. The van der Waals surface area contributed by atoms with E-state index < -0.39 is 5.92 Å². The van der Waals surface area contributed by atoms with Gasteiger partial charge >= 0.3 is 5.97 Å². The Bertz CT molecular complexity index is 1560. The van der Waals surface area contributed by atoms with Crippen LogP contribution in [0, 0.1) is 18.7 Å². The molecule has 2 unspecified atom stereocenters. The van der Waals surface area contributed by atoms with Gasteiger partial charge in [0.05, 0.1) is 41.0 Å². The van der Waals surface area contributed by atoms with Crippen LogP contribution in [0.4, 0.5) is 4.39 Å². The number of esters is 1. The fourth-order valence-electron chi connectivity index (χ4n) is 6.13. The highest BCUT2D eigenvalue weighted by Gasteiger charge is 2.37. The number of ether oxygens (including phenoxy) is 1. The lowest BCUT2D eigenvalue weighted by Crippen LogP contribution is -2.32. The van der Waals surface area contributed by atoms with E-state index in [2.05, 4.69) is 5.32 Å². The summed E-state index contributed by atoms with van der Waals surface area (Å²) in [4.78, 5) is 42.0. The third kappa shape index (κ3) is 3.74. The molecule has 0 spiro atoms. The summed E-state index contributed by atoms with van der Waals surface area (Å²) in [7, 11) is 0. The van der Waals surface area contributed by atoms with Crippen molar-refractivity contribution in [3.63, 3.8) is 0 Å². The van der Waals surface area contributed by atoms with Gasteiger partial charge in [-0.1, -0.05) is 6.92 Å². The van der Waals surface area contributed by atoms with Crippen molar-refractivity contribution in [1.82, 2.24) is 14.9 Å². The van der Waals surface area contributed by atoms with Gasteiger partial charge < -0.3 is 19.7 Å². The molecular formula is C29H30FN3O5. The summed E-state index contributed by atoms with van der Waals surface area (Å²) in [6.07, 6.45) is 5.01. The van der Waals surface area contributed by atoms with Crippen LogP contribution in [0.15, 0.2) is 16.9 Å². The highest BCUT2D eigenvalue weighted by molar-refractivity contribution is 5.93. The number of pyridine rings is 2. The number of aliphatic hydroxyl groups excluding tert-OH is 1. The van der Waals surface area contributed by atoms with Crippen molar-refractivity contribution in [3.05, 3.63) is 61.7 Å². The standard InChI is InChI=1S/C25H22FN3O4.C4H8O/c1-3-12-14-6-20-23-15(8-29(20)24(31)16(14)9-33-25(12)32)22-18(27-10-30)5-4-13-11(2)17(26)7-19(28-23)21(13)22;5-3-4-1-2-4/h6-7,10,12,18H,3-5,8-9H2,1-2H3,(H,27,30);4-5H,1-3H2. The van der Waals surface area contributed by atoms with Gasteiger partial charge in [-0.25, -0.2) is 9.37 Å². The van der Waals surface area contributed by atoms with Crippen LogP contribution in [-0.4, -0.2) is 33.6 Å². The van der Waals surface area contributed by atoms with Crippen molar-refractivity contribution in [2.45, 2.75) is 71.1 Å². The fraction of sp³-hybridized carbons (Fsp3) is 0.448. The number of halogens is 1. The largest absolute Gasteiger partial charge is 0.460 e. The molecule has 2 aromatic heterocycles. The lowest BCUT2D eigenvalue weighted by Gasteiger charge is -2.28. The Morgan fingerprint density at radius 1 is 1.21 bits per heavy atom. The molecule has 7 rings (SSSR count). The lowest BCUT2D eigenvalue weighted by atomic mass is 9.82. The number of aliphatic hydroxyl groups is 1. The molecule has 3 aromatic rings. The van der Waals surface area contributed by atoms with E-state index >= 15 is 0 Å². The van der Waals surface area contributed by atoms with Crippen LogP contribution >= 0.6 is 0 Å². The van der Waals surface area contributed by atoms with E-state index in [1.807, 2.05) is 13.0 Å². The zero-order chi connectivity index (χ0) is 26.7. The van der Waals surface area contributed by atoms with Gasteiger partial charge in [0, 0.05) is 23.6 Å². The number of fused-ring (bicyclic) bond motifs is 5. The van der Waals surface area contributed by atoms with Gasteiger partial charge in [-0.2, -0.15) is 0 Å². The molecule has 198 valence electrons. The molecule has 38 heavy (non-hydrogen) atoms. The molecule has 1 saturated carbocycles. The predicted molar refractivity (Wildman–Crippen MR) is 138 cm³/mol. The van der Waals surface area contributed by atoms with Gasteiger partial charge in [-0.3, -0.25) is 14.4 Å². The number of aryl methyl sites for hydroxylation is 1. The average molecular weight is 520 g/mol. The maximum atomic E-state index is 14.8. The Kier molecular flexibility index (Phi) is 6.06. The summed E-state index contributed by atoms with van der Waals surface area (Å²) in [6, 6.07) is 3.07. The van der Waals surface area contributed by atoms with Gasteiger partial charge in [0.1, 0.15) is 12.4 Å². The normalized spacial score (nSPS) is 20.6. The van der Waals surface area contributed by atoms with Crippen molar-refractivity contribution >= 4 is 23.3 Å². The Labute approximate surface area is 218 Å². The molecule has 4 aliphatic rings. The predicted octanol–water partition coefficient (Wildman–Crippen LogP) is 3.55. The third-order valence-electron chi connectivity index (χ3n) is 8.42. The molecule has 0 saturated heterocycles. The summed E-state index contributed by atoms with van der Waals surface area (Å²) in [5.41, 5.74) is 6.03. The molecule has 2 aliphatic heterocycles. The minimum Gasteiger partial charge on any atom is -0.460 e. The van der Waals surface area contributed by atoms with Crippen molar-refractivity contribution in [2.24, 2.45) is 5.92 Å². The molecule has 1 amide bonds. The van der Waals surface area contributed by atoms with Crippen molar-refractivity contribution in [3.8, 4) is 11.4 Å². The van der Waals surface area contributed by atoms with E-state index in [1.165, 1.54) is 18.9 Å². The van der Waals surface area contributed by atoms with Gasteiger partial charge in [0.2, 0.25) is 6.41 Å². The van der Waals surface area contributed by atoms with E-state index in [1.54, 1.807) is 11.5 Å². The number of cyclic esters (lactones) is 1. The first-order valence-electron chi connectivity index (χ1n) is 13.3. The fourth-order valence-corrected chi connectivity index (χ4v) is 6.13. The number of amides is 1. The third-order valence-corrected chi connectivity index (χ3v) is 8.42. The maximum absolute atomic E-state index is 14.8. The van der Waals surface area contributed by atoms with E-state index in [0.717, 1.165) is 22.1 Å². The first kappa shape index (κ1) is 24.7. The molecule has 8 nitrogen and oxygen atoms in total. The topological polar surface area (TPSA) is 111 Å². The minimum absolute atomic E-state index is 0.0355. The average Bonchev–Trinajstić information content (AvgIpc) is 3.69. The Hall–Kier alpha value is -3.59. The van der Waals surface area contributed by atoms with Crippen LogP contribution in [0.2, 0.25) is 0 Å². The van der Waals surface area contributed by atoms with Gasteiger partial charge in [-0.15, -0.1) is 0 Å². The number of rotatable bonds is 4. The Morgan fingerprint density at radius 3 is 2.66 bits per heavy atom. The summed E-state index contributed by atoms with van der Waals surface area (Å²) in [6.45, 7) is 4.35. The van der Waals surface area contributed by atoms with E-state index in [9.17, 15) is 18.8 Å². The molecule has 0 bridgehead atoms. The van der Waals surface area contributed by atoms with Gasteiger partial charge in [-0.05, 0) is 73.3 Å². The minimum atomic E-state index is -0.494. The number of hydrogen-bond donors (Lipinski definition) is 2. The number of hydrogen-bond acceptors (Lipinski definition) is 6. The SMILES string of the molecule is CCC1C(=O)OCc2c1cc1n(c2=O)Cc2c-1nc1cc(F)c(C)c3c1c2C(NC=O)CC3.OCC1CC1. The van der Waals surface area contributed by atoms with Crippen LogP contribution in [0.3, 0.4) is 0 Å². The Morgan fingerprint density at radius 2 is 2.00 bits per heavy atom. The van der Waals surface area contributed by atoms with Crippen LogP contribution in [0.5, 0.6) is 0 Å². The molecule has 4 heterocycles. The zero-order valence-electron chi connectivity index (χ0n) is 21.5. The van der Waals surface area contributed by atoms with Crippen LogP contribution in [-0.2, 0) is 33.9 Å². The molecule has 0 radical (unpaired) electrons. The second-order valence-corrected chi connectivity index (χ2v) is 10.6. The number of nitrogens with one attached hydrogen (secondary N) is 1. The molecule has 1 fully saturated rings. The number of nitrogens with zero attached hydrogens (tertiary/aromatic N) is 2. The van der Waals surface area contributed by atoms with Crippen LogP contribution in [0.1, 0.15) is 77.9 Å². The van der Waals surface area contributed by atoms with E-state index in [0.29, 0.717) is 78.3 Å². The van der Waals surface area contributed by atoms with Gasteiger partial charge in [0.15, 0.2) is 0 Å². The summed E-state index contributed by atoms with van der Waals surface area (Å²) < 4.78 is 21.7. The number of benzene rings is 1. The molecule has 2 N–H and O–H groups in total. The molecular weight excluding hydrogens is 489 g/mol. The van der Waals surface area contributed by atoms with Gasteiger partial charge in [0.25, 0.3) is 5.56 Å². The molecule has 2 atom stereocenters. The smallest absolute Gasteiger partial charge is 0.313 e. The molecule has 1 aromatic carbocycles. The van der Waals surface area contributed by atoms with Crippen molar-refractivity contribution in [2.75, 3.05) is 6.61 Å². The van der Waals surface area contributed by atoms with Crippen LogP contribution in [0.25, 0.3) is 22.3 Å². The summed E-state index contributed by atoms with van der Waals surface area (Å²) in [5.74, 6) is -0.444. The first-order chi connectivity index (χ1) is 18.4. The lowest BCUT2D eigenvalue weighted by molar-refractivity contribution is -0.148. The van der Waals surface area contributed by atoms with Crippen molar-refractivity contribution < 1.29 is 23.8 Å². The quantitative estimate of drug-likeness (QED) is 0.315. The van der Waals surface area contributed by atoms with E-state index in [4.69, 9.17) is 14.8 Å². The van der Waals surface area contributed by atoms with Crippen molar-refractivity contribution in [1.29, 1.82) is 0 Å². The molecule has 9 heteroatoms. The number of carbonyl (C=O) groups excluding carboxylic acids is 2. The second kappa shape index (κ2) is 9.31.